The Labute approximate surface area is 129 Å². The predicted molar refractivity (Wildman–Crippen MR) is 76.6 cm³/mol. The number of thiocarbonyl (C=S) groups is 1. The molecule has 0 unspecified atom stereocenters. The summed E-state index contributed by atoms with van der Waals surface area (Å²) in [5.41, 5.74) is 0.427. The van der Waals surface area contributed by atoms with Crippen LogP contribution < -0.4 is 9.47 Å². The van der Waals surface area contributed by atoms with Crippen molar-refractivity contribution in [2.45, 2.75) is 0 Å². The first-order valence-electron chi connectivity index (χ1n) is 5.62. The molecule has 0 N–H and O–H groups in total. The average Bonchev–Trinajstić information content (AvgIpc) is 2.45. The van der Waals surface area contributed by atoms with Crippen LogP contribution in [-0.2, 0) is 0 Å². The molecule has 0 fully saturated rings. The molecule has 2 aromatic rings. The third-order valence-corrected chi connectivity index (χ3v) is 3.19. The van der Waals surface area contributed by atoms with Gasteiger partial charge in [-0.3, -0.25) is 0 Å². The molecule has 0 atom stereocenters. The van der Waals surface area contributed by atoms with Crippen LogP contribution in [0.1, 0.15) is 5.56 Å². The van der Waals surface area contributed by atoms with Gasteiger partial charge in [0.1, 0.15) is 11.5 Å². The van der Waals surface area contributed by atoms with Crippen LogP contribution >= 0.6 is 23.8 Å². The number of halogens is 4. The Morgan fingerprint density at radius 1 is 1.10 bits per heavy atom. The van der Waals surface area contributed by atoms with Crippen LogP contribution in [0.5, 0.6) is 11.5 Å². The van der Waals surface area contributed by atoms with Crippen LogP contribution in [0.4, 0.5) is 13.2 Å². The van der Waals surface area contributed by atoms with Gasteiger partial charge in [0.05, 0.1) is 12.1 Å². The van der Waals surface area contributed by atoms with E-state index in [9.17, 15) is 13.2 Å². The van der Waals surface area contributed by atoms with Gasteiger partial charge in [0.2, 0.25) is 0 Å². The van der Waals surface area contributed by atoms with Crippen LogP contribution in [0.15, 0.2) is 30.3 Å². The van der Waals surface area contributed by atoms with E-state index in [1.165, 1.54) is 19.2 Å². The molecule has 110 valence electrons. The van der Waals surface area contributed by atoms with E-state index in [0.29, 0.717) is 28.5 Å². The van der Waals surface area contributed by atoms with Crippen molar-refractivity contribution in [1.29, 1.82) is 0 Å². The molecule has 0 saturated carbocycles. The van der Waals surface area contributed by atoms with E-state index < -0.39 is 17.5 Å². The molecule has 7 heteroatoms. The number of benzene rings is 2. The highest BCUT2D eigenvalue weighted by atomic mass is 35.5. The zero-order valence-corrected chi connectivity index (χ0v) is 12.2. The molecule has 0 aliphatic carbocycles. The van der Waals surface area contributed by atoms with Crippen LogP contribution in [0.3, 0.4) is 0 Å². The SMILES string of the molecule is COc1cc(C(=S)Oc2cc(F)c(F)c(F)c2)ccc1Cl. The van der Waals surface area contributed by atoms with Crippen molar-refractivity contribution in [1.82, 2.24) is 0 Å². The smallest absolute Gasteiger partial charge is 0.198 e. The molecular formula is C14H8ClF3O2S. The van der Waals surface area contributed by atoms with Crippen LogP contribution in [0.2, 0.25) is 5.02 Å². The summed E-state index contributed by atoms with van der Waals surface area (Å²) in [5, 5.41) is 0.318. The third-order valence-electron chi connectivity index (χ3n) is 2.55. The topological polar surface area (TPSA) is 18.5 Å². The summed E-state index contributed by atoms with van der Waals surface area (Å²) in [7, 11) is 1.43. The van der Waals surface area contributed by atoms with E-state index in [4.69, 9.17) is 33.3 Å². The van der Waals surface area contributed by atoms with E-state index in [-0.39, 0.29) is 10.8 Å². The Morgan fingerprint density at radius 2 is 1.71 bits per heavy atom. The fourth-order valence-electron chi connectivity index (χ4n) is 1.54. The summed E-state index contributed by atoms with van der Waals surface area (Å²) < 4.78 is 49.2. The van der Waals surface area contributed by atoms with Gasteiger partial charge in [0, 0.05) is 17.7 Å². The summed E-state index contributed by atoms with van der Waals surface area (Å²) in [6.45, 7) is 0. The van der Waals surface area contributed by atoms with Gasteiger partial charge >= 0.3 is 0 Å². The lowest BCUT2D eigenvalue weighted by Gasteiger charge is -2.10. The van der Waals surface area contributed by atoms with Crippen molar-refractivity contribution in [2.24, 2.45) is 0 Å². The van der Waals surface area contributed by atoms with Gasteiger partial charge in [-0.05, 0) is 30.4 Å². The Balaban J connectivity index is 2.26. The van der Waals surface area contributed by atoms with E-state index in [1.54, 1.807) is 6.07 Å². The molecule has 0 aliphatic heterocycles. The number of hydrogen-bond donors (Lipinski definition) is 0. The second kappa shape index (κ2) is 6.32. The molecule has 0 aliphatic rings. The van der Waals surface area contributed by atoms with Gasteiger partial charge < -0.3 is 9.47 Å². The van der Waals surface area contributed by atoms with Gasteiger partial charge in [-0.1, -0.05) is 11.6 Å². The zero-order chi connectivity index (χ0) is 15.6. The minimum absolute atomic E-state index is 0.0598. The molecule has 2 aromatic carbocycles. The maximum Gasteiger partial charge on any atom is 0.198 e. The molecule has 0 aromatic heterocycles. The van der Waals surface area contributed by atoms with Crippen molar-refractivity contribution in [3.63, 3.8) is 0 Å². The highest BCUT2D eigenvalue weighted by Crippen LogP contribution is 2.26. The Kier molecular flexibility index (Phi) is 4.69. The number of ether oxygens (including phenoxy) is 2. The highest BCUT2D eigenvalue weighted by Gasteiger charge is 2.14. The summed E-state index contributed by atoms with van der Waals surface area (Å²) in [5.74, 6) is -4.16. The monoisotopic (exact) mass is 332 g/mol. The van der Waals surface area contributed by atoms with Gasteiger partial charge in [0.25, 0.3) is 0 Å². The molecule has 0 heterocycles. The van der Waals surface area contributed by atoms with Gasteiger partial charge in [-0.15, -0.1) is 0 Å². The van der Waals surface area contributed by atoms with Crippen molar-refractivity contribution in [3.8, 4) is 11.5 Å². The maximum absolute atomic E-state index is 13.1. The van der Waals surface area contributed by atoms with Crippen LogP contribution in [0.25, 0.3) is 0 Å². The van der Waals surface area contributed by atoms with E-state index in [1.807, 2.05) is 0 Å². The van der Waals surface area contributed by atoms with Crippen molar-refractivity contribution in [2.75, 3.05) is 7.11 Å². The lowest BCUT2D eigenvalue weighted by molar-refractivity contribution is 0.414. The minimum Gasteiger partial charge on any atom is -0.495 e. The average molecular weight is 333 g/mol. The normalized spacial score (nSPS) is 10.3. The van der Waals surface area contributed by atoms with Crippen molar-refractivity contribution in [3.05, 3.63) is 58.4 Å². The minimum atomic E-state index is -1.57. The highest BCUT2D eigenvalue weighted by molar-refractivity contribution is 7.80. The number of hydrogen-bond acceptors (Lipinski definition) is 3. The summed E-state index contributed by atoms with van der Waals surface area (Å²) in [4.78, 5) is 0. The van der Waals surface area contributed by atoms with Gasteiger partial charge in [-0.2, -0.15) is 0 Å². The van der Waals surface area contributed by atoms with E-state index >= 15 is 0 Å². The predicted octanol–water partition coefficient (Wildman–Crippen LogP) is 4.52. The first-order chi connectivity index (χ1) is 9.92. The van der Waals surface area contributed by atoms with Gasteiger partial charge in [0.15, 0.2) is 22.5 Å². The fourth-order valence-corrected chi connectivity index (χ4v) is 1.96. The molecular weight excluding hydrogens is 325 g/mol. The number of methoxy groups -OCH3 is 1. The molecule has 0 saturated heterocycles. The van der Waals surface area contributed by atoms with Crippen molar-refractivity contribution >= 4 is 28.9 Å². The lowest BCUT2D eigenvalue weighted by Crippen LogP contribution is -2.08. The molecule has 0 amide bonds. The summed E-state index contributed by atoms with van der Waals surface area (Å²) in [6, 6.07) is 6.03. The number of rotatable bonds is 3. The molecule has 0 radical (unpaired) electrons. The van der Waals surface area contributed by atoms with E-state index in [0.717, 1.165) is 0 Å². The molecule has 0 spiro atoms. The zero-order valence-electron chi connectivity index (χ0n) is 10.6. The first-order valence-corrected chi connectivity index (χ1v) is 6.41. The third kappa shape index (κ3) is 3.46. The molecule has 2 nitrogen and oxygen atoms in total. The maximum atomic E-state index is 13.1. The molecule has 21 heavy (non-hydrogen) atoms. The Morgan fingerprint density at radius 3 is 2.29 bits per heavy atom. The largest absolute Gasteiger partial charge is 0.495 e. The first kappa shape index (κ1) is 15.6. The summed E-state index contributed by atoms with van der Waals surface area (Å²) >= 11 is 10.9. The van der Waals surface area contributed by atoms with E-state index in [2.05, 4.69) is 0 Å². The standard InChI is InChI=1S/C14H8ClF3O2S/c1-19-12-4-7(2-3-9(12)15)14(21)20-8-5-10(16)13(18)11(17)6-8/h2-6H,1H3. The lowest BCUT2D eigenvalue weighted by atomic mass is 10.2. The molecule has 2 rings (SSSR count). The summed E-state index contributed by atoms with van der Waals surface area (Å²) in [6.07, 6.45) is 0. The second-order valence-electron chi connectivity index (χ2n) is 3.94. The quantitative estimate of drug-likeness (QED) is 0.608. The second-order valence-corrected chi connectivity index (χ2v) is 4.72. The van der Waals surface area contributed by atoms with Crippen LogP contribution in [0, 0.1) is 17.5 Å². The van der Waals surface area contributed by atoms with Crippen LogP contribution in [-0.4, -0.2) is 12.2 Å². The van der Waals surface area contributed by atoms with Crippen molar-refractivity contribution < 1.29 is 22.6 Å². The fraction of sp³-hybridized carbons (Fsp3) is 0.0714. The van der Waals surface area contributed by atoms with Gasteiger partial charge in [-0.25, -0.2) is 13.2 Å². The molecule has 0 bridgehead atoms. The Bertz CT molecular complexity index is 684. The Hall–Kier alpha value is -1.79.